The van der Waals surface area contributed by atoms with Crippen LogP contribution in [0.15, 0.2) is 60.9 Å². The van der Waals surface area contributed by atoms with Crippen LogP contribution in [0.5, 0.6) is 6.01 Å². The smallest absolute Gasteiger partial charge is 0.407 e. The number of hydrogen-bond donors (Lipinski definition) is 3. The number of anilines is 1. The second-order valence-electron chi connectivity index (χ2n) is 9.38. The van der Waals surface area contributed by atoms with E-state index in [1.807, 2.05) is 22.8 Å². The predicted molar refractivity (Wildman–Crippen MR) is 142 cm³/mol. The number of nitrogens with one attached hydrogen (secondary N) is 2. The summed E-state index contributed by atoms with van der Waals surface area (Å²) < 4.78 is 7.94. The molecule has 1 atom stereocenters. The van der Waals surface area contributed by atoms with Gasteiger partial charge in [0.1, 0.15) is 6.61 Å². The molecule has 0 aliphatic carbocycles. The Bertz CT molecular complexity index is 1360. The van der Waals surface area contributed by atoms with Gasteiger partial charge in [-0.3, -0.25) is 0 Å². The summed E-state index contributed by atoms with van der Waals surface area (Å²) in [6.07, 6.45) is 0.842. The molecule has 2 aromatic heterocycles. The molecule has 0 spiro atoms. The molecular weight excluding hydrogens is 470 g/mol. The molecule has 10 nitrogen and oxygen atoms in total. The SMILES string of the molecule is CC(C)n1cnc2c(NCc3ccc(-c4ccccc4)cc3)nc(OC[C@H]3CN(C(=O)O)CCN3)nc21. The molecule has 0 bridgehead atoms. The van der Waals surface area contributed by atoms with Crippen molar-refractivity contribution in [1.82, 2.24) is 29.7 Å². The Morgan fingerprint density at radius 2 is 1.89 bits per heavy atom. The summed E-state index contributed by atoms with van der Waals surface area (Å²) in [5.74, 6) is 0.593. The molecule has 2 aromatic carbocycles. The summed E-state index contributed by atoms with van der Waals surface area (Å²) in [4.78, 5) is 26.5. The number of rotatable bonds is 8. The summed E-state index contributed by atoms with van der Waals surface area (Å²) in [6, 6.07) is 18.9. The van der Waals surface area contributed by atoms with E-state index in [4.69, 9.17) is 4.74 Å². The first-order valence-electron chi connectivity index (χ1n) is 12.4. The molecule has 1 saturated heterocycles. The van der Waals surface area contributed by atoms with Crippen LogP contribution in [0.2, 0.25) is 0 Å². The molecule has 1 aliphatic heterocycles. The van der Waals surface area contributed by atoms with Crippen molar-refractivity contribution < 1.29 is 14.6 Å². The van der Waals surface area contributed by atoms with E-state index < -0.39 is 6.09 Å². The maximum absolute atomic E-state index is 11.3. The zero-order valence-electron chi connectivity index (χ0n) is 21.0. The summed E-state index contributed by atoms with van der Waals surface area (Å²) in [6.45, 7) is 6.34. The number of aromatic nitrogens is 4. The minimum atomic E-state index is -0.923. The highest BCUT2D eigenvalue weighted by Crippen LogP contribution is 2.25. The molecule has 0 radical (unpaired) electrons. The average Bonchev–Trinajstić information content (AvgIpc) is 3.36. The summed E-state index contributed by atoms with van der Waals surface area (Å²) in [5, 5.41) is 16.0. The zero-order chi connectivity index (χ0) is 25.8. The van der Waals surface area contributed by atoms with Crippen LogP contribution >= 0.6 is 0 Å². The molecule has 0 unspecified atom stereocenters. The van der Waals surface area contributed by atoms with Crippen molar-refractivity contribution in [3.8, 4) is 17.1 Å². The van der Waals surface area contributed by atoms with E-state index in [0.29, 0.717) is 43.2 Å². The van der Waals surface area contributed by atoms with Crippen LogP contribution in [-0.4, -0.2) is 67.9 Å². The van der Waals surface area contributed by atoms with Gasteiger partial charge in [-0.15, -0.1) is 0 Å². The third-order valence-electron chi connectivity index (χ3n) is 6.42. The number of fused-ring (bicyclic) bond motifs is 1. The number of ether oxygens (including phenoxy) is 1. The number of piperazine rings is 1. The lowest BCUT2D eigenvalue weighted by Gasteiger charge is -2.31. The Balaban J connectivity index is 1.33. The van der Waals surface area contributed by atoms with E-state index >= 15 is 0 Å². The minimum Gasteiger partial charge on any atom is -0.465 e. The molecule has 192 valence electrons. The molecule has 3 heterocycles. The lowest BCUT2D eigenvalue weighted by molar-refractivity contribution is 0.117. The minimum absolute atomic E-state index is 0.140. The Hall–Kier alpha value is -4.18. The second kappa shape index (κ2) is 10.8. The normalized spacial score (nSPS) is 15.8. The highest BCUT2D eigenvalue weighted by molar-refractivity contribution is 5.83. The van der Waals surface area contributed by atoms with E-state index in [9.17, 15) is 9.90 Å². The van der Waals surface area contributed by atoms with Gasteiger partial charge >= 0.3 is 12.1 Å². The quantitative estimate of drug-likeness (QED) is 0.331. The lowest BCUT2D eigenvalue weighted by Crippen LogP contribution is -2.54. The molecule has 1 amide bonds. The third-order valence-corrected chi connectivity index (χ3v) is 6.42. The third kappa shape index (κ3) is 5.64. The van der Waals surface area contributed by atoms with Crippen molar-refractivity contribution >= 4 is 23.1 Å². The van der Waals surface area contributed by atoms with Crippen molar-refractivity contribution in [1.29, 1.82) is 0 Å². The van der Waals surface area contributed by atoms with Crippen LogP contribution in [0.1, 0.15) is 25.5 Å². The van der Waals surface area contributed by atoms with Crippen LogP contribution in [0.4, 0.5) is 10.6 Å². The fraction of sp³-hybridized carbons (Fsp3) is 0.333. The van der Waals surface area contributed by atoms with Gasteiger partial charge in [-0.1, -0.05) is 54.6 Å². The average molecular weight is 502 g/mol. The van der Waals surface area contributed by atoms with E-state index in [0.717, 1.165) is 11.1 Å². The first kappa shape index (κ1) is 24.5. The maximum atomic E-state index is 11.3. The molecule has 0 saturated carbocycles. The van der Waals surface area contributed by atoms with Crippen molar-refractivity contribution in [2.75, 3.05) is 31.6 Å². The molecule has 37 heavy (non-hydrogen) atoms. The van der Waals surface area contributed by atoms with Gasteiger partial charge in [-0.25, -0.2) is 9.78 Å². The standard InChI is InChI=1S/C27H31N7O3/c1-18(2)34-17-30-23-24(29-14-19-8-10-21(11-9-19)20-6-4-3-5-7-20)31-26(32-25(23)34)37-16-22-15-33(27(35)36)13-12-28-22/h3-11,17-18,22,28H,12-16H2,1-2H3,(H,35,36)(H,29,31,32)/t22-/m1/s1. The summed E-state index contributed by atoms with van der Waals surface area (Å²) in [5.41, 5.74) is 4.82. The van der Waals surface area contributed by atoms with E-state index in [1.165, 1.54) is 10.5 Å². The Morgan fingerprint density at radius 3 is 2.62 bits per heavy atom. The van der Waals surface area contributed by atoms with Crippen LogP contribution in [0.3, 0.4) is 0 Å². The molecule has 3 N–H and O–H groups in total. The number of imidazole rings is 1. The number of carbonyl (C=O) groups is 1. The number of benzene rings is 2. The highest BCUT2D eigenvalue weighted by Gasteiger charge is 2.24. The van der Waals surface area contributed by atoms with Crippen LogP contribution in [-0.2, 0) is 6.54 Å². The maximum Gasteiger partial charge on any atom is 0.407 e. The van der Waals surface area contributed by atoms with E-state index in [1.54, 1.807) is 6.33 Å². The second-order valence-corrected chi connectivity index (χ2v) is 9.38. The van der Waals surface area contributed by atoms with Gasteiger partial charge in [0.05, 0.1) is 12.4 Å². The summed E-state index contributed by atoms with van der Waals surface area (Å²) in [7, 11) is 0. The highest BCUT2D eigenvalue weighted by atomic mass is 16.5. The van der Waals surface area contributed by atoms with Gasteiger partial charge in [0.15, 0.2) is 17.0 Å². The van der Waals surface area contributed by atoms with Gasteiger partial charge in [0, 0.05) is 32.2 Å². The topological polar surface area (TPSA) is 117 Å². The van der Waals surface area contributed by atoms with Gasteiger partial charge < -0.3 is 29.9 Å². The first-order valence-corrected chi connectivity index (χ1v) is 12.4. The predicted octanol–water partition coefficient (Wildman–Crippen LogP) is 4.02. The van der Waals surface area contributed by atoms with Crippen molar-refractivity contribution in [2.24, 2.45) is 0 Å². The zero-order valence-corrected chi connectivity index (χ0v) is 21.0. The van der Waals surface area contributed by atoms with Crippen LogP contribution in [0.25, 0.3) is 22.3 Å². The van der Waals surface area contributed by atoms with Gasteiger partial charge in [0.2, 0.25) is 0 Å². The lowest BCUT2D eigenvalue weighted by atomic mass is 10.0. The number of carboxylic acid groups (broad SMARTS) is 1. The van der Waals surface area contributed by atoms with Crippen molar-refractivity contribution in [3.63, 3.8) is 0 Å². The largest absolute Gasteiger partial charge is 0.465 e. The van der Waals surface area contributed by atoms with E-state index in [-0.39, 0.29) is 24.7 Å². The van der Waals surface area contributed by atoms with Gasteiger partial charge in [-0.2, -0.15) is 9.97 Å². The Labute approximate surface area is 215 Å². The first-order chi connectivity index (χ1) is 18.0. The molecular formula is C27H31N7O3. The number of nitrogens with zero attached hydrogens (tertiary/aromatic N) is 5. The monoisotopic (exact) mass is 501 g/mol. The number of hydrogen-bond acceptors (Lipinski definition) is 7. The van der Waals surface area contributed by atoms with Crippen LogP contribution < -0.4 is 15.4 Å². The number of amides is 1. The van der Waals surface area contributed by atoms with Gasteiger partial charge in [-0.05, 0) is 30.5 Å². The fourth-order valence-electron chi connectivity index (χ4n) is 4.38. The molecule has 4 aromatic rings. The molecule has 1 aliphatic rings. The van der Waals surface area contributed by atoms with Gasteiger partial charge in [0.25, 0.3) is 0 Å². The fourth-order valence-corrected chi connectivity index (χ4v) is 4.38. The molecule has 10 heteroatoms. The van der Waals surface area contributed by atoms with Crippen molar-refractivity contribution in [2.45, 2.75) is 32.5 Å². The van der Waals surface area contributed by atoms with E-state index in [2.05, 4.69) is 75.8 Å². The Kier molecular flexibility index (Phi) is 7.18. The van der Waals surface area contributed by atoms with Crippen LogP contribution in [0, 0.1) is 0 Å². The summed E-state index contributed by atoms with van der Waals surface area (Å²) >= 11 is 0. The molecule has 1 fully saturated rings. The Morgan fingerprint density at radius 1 is 1.14 bits per heavy atom. The molecule has 5 rings (SSSR count). The van der Waals surface area contributed by atoms with Crippen molar-refractivity contribution in [3.05, 3.63) is 66.5 Å².